The second-order valence-electron chi connectivity index (χ2n) is 5.21. The predicted molar refractivity (Wildman–Crippen MR) is 83.4 cm³/mol. The Balaban J connectivity index is 2.10. The molecule has 0 aromatic carbocycles. The highest BCUT2D eigenvalue weighted by Crippen LogP contribution is 2.41. The highest BCUT2D eigenvalue weighted by Gasteiger charge is 2.38. The van der Waals surface area contributed by atoms with E-state index in [2.05, 4.69) is 6.07 Å². The number of ether oxygens (including phenoxy) is 1. The summed E-state index contributed by atoms with van der Waals surface area (Å²) in [4.78, 5) is 25.7. The van der Waals surface area contributed by atoms with Gasteiger partial charge >= 0.3 is 5.97 Å². The van der Waals surface area contributed by atoms with Crippen molar-refractivity contribution in [2.24, 2.45) is 0 Å². The maximum absolute atomic E-state index is 12.7. The van der Waals surface area contributed by atoms with Crippen LogP contribution in [0.25, 0.3) is 4.91 Å². The van der Waals surface area contributed by atoms with Crippen molar-refractivity contribution in [1.82, 2.24) is 4.57 Å². The highest BCUT2D eigenvalue weighted by molar-refractivity contribution is 8.08. The molecule has 2 aliphatic rings. The first-order chi connectivity index (χ1) is 10.2. The van der Waals surface area contributed by atoms with Gasteiger partial charge in [-0.25, -0.2) is 4.79 Å². The molecule has 0 N–H and O–H groups in total. The number of thioether (sulfide) groups is 1. The molecule has 0 saturated carbocycles. The number of hydrogen-bond acceptors (Lipinski definition) is 4. The van der Waals surface area contributed by atoms with Crippen molar-refractivity contribution in [2.75, 3.05) is 12.4 Å². The van der Waals surface area contributed by atoms with Crippen molar-refractivity contribution in [3.8, 4) is 0 Å². The summed E-state index contributed by atoms with van der Waals surface area (Å²) in [6.07, 6.45) is 4.23. The van der Waals surface area contributed by atoms with Gasteiger partial charge in [-0.1, -0.05) is 6.92 Å². The second kappa shape index (κ2) is 5.72. The third-order valence-corrected chi connectivity index (χ3v) is 4.94. The lowest BCUT2D eigenvalue weighted by Gasteiger charge is -2.13. The van der Waals surface area contributed by atoms with Gasteiger partial charge in [0.15, 0.2) is 0 Å². The van der Waals surface area contributed by atoms with E-state index in [1.807, 2.05) is 6.92 Å². The summed E-state index contributed by atoms with van der Waals surface area (Å²) < 4.78 is 6.82. The first kappa shape index (κ1) is 14.4. The van der Waals surface area contributed by atoms with Crippen molar-refractivity contribution in [1.29, 1.82) is 0 Å². The molecule has 0 amide bonds. The Morgan fingerprint density at radius 3 is 2.81 bits per heavy atom. The molecule has 0 unspecified atom stereocenters. The fourth-order valence-electron chi connectivity index (χ4n) is 3.11. The van der Waals surface area contributed by atoms with Gasteiger partial charge in [0, 0.05) is 5.69 Å². The van der Waals surface area contributed by atoms with Gasteiger partial charge in [0.2, 0.25) is 0 Å². The molecule has 0 saturated heterocycles. The van der Waals surface area contributed by atoms with E-state index in [9.17, 15) is 9.59 Å². The molecule has 0 atom stereocenters. The van der Waals surface area contributed by atoms with Crippen molar-refractivity contribution in [3.05, 3.63) is 28.6 Å². The normalized spacial score (nSPS) is 17.0. The molecule has 1 aromatic heterocycles. The standard InChI is InChI=1S/C16H19NO3S/c1-3-20-16(19)13-14(21-4-2)12-9-10-7-5-6-8-11(10)17(12)15(13)18/h9H,3-8H2,1-2H3. The number of esters is 1. The lowest BCUT2D eigenvalue weighted by molar-refractivity contribution is -0.137. The number of carbonyl (C=O) groups excluding carboxylic acids is 2. The Morgan fingerprint density at radius 1 is 1.33 bits per heavy atom. The molecule has 2 heterocycles. The largest absolute Gasteiger partial charge is 0.462 e. The first-order valence-corrected chi connectivity index (χ1v) is 8.50. The Morgan fingerprint density at radius 2 is 2.10 bits per heavy atom. The molecule has 1 aliphatic heterocycles. The van der Waals surface area contributed by atoms with Gasteiger partial charge < -0.3 is 4.74 Å². The van der Waals surface area contributed by atoms with Crippen LogP contribution in [0.1, 0.15) is 48.4 Å². The summed E-state index contributed by atoms with van der Waals surface area (Å²) in [5, 5.41) is 0. The minimum absolute atomic E-state index is 0.206. The molecule has 1 aliphatic carbocycles. The van der Waals surface area contributed by atoms with Crippen molar-refractivity contribution < 1.29 is 14.3 Å². The van der Waals surface area contributed by atoms with Crippen molar-refractivity contribution in [2.45, 2.75) is 39.5 Å². The molecule has 0 radical (unpaired) electrons. The number of nitrogens with zero attached hydrogens (tertiary/aromatic N) is 1. The Hall–Kier alpha value is -1.49. The zero-order valence-corrected chi connectivity index (χ0v) is 13.2. The predicted octanol–water partition coefficient (Wildman–Crippen LogP) is 3.05. The number of rotatable bonds is 4. The minimum Gasteiger partial charge on any atom is -0.462 e. The monoisotopic (exact) mass is 305 g/mol. The summed E-state index contributed by atoms with van der Waals surface area (Å²) in [6.45, 7) is 4.07. The van der Waals surface area contributed by atoms with Gasteiger partial charge in [0.05, 0.1) is 17.2 Å². The molecule has 0 spiro atoms. The van der Waals surface area contributed by atoms with E-state index >= 15 is 0 Å². The number of carbonyl (C=O) groups is 2. The zero-order valence-electron chi connectivity index (χ0n) is 12.4. The molecular formula is C16H19NO3S. The van der Waals surface area contributed by atoms with Crippen LogP contribution in [-0.2, 0) is 22.4 Å². The maximum Gasteiger partial charge on any atom is 0.345 e. The zero-order chi connectivity index (χ0) is 15.0. The number of hydrogen-bond donors (Lipinski definition) is 0. The summed E-state index contributed by atoms with van der Waals surface area (Å²) in [6, 6.07) is 2.09. The average molecular weight is 305 g/mol. The van der Waals surface area contributed by atoms with E-state index < -0.39 is 5.97 Å². The van der Waals surface area contributed by atoms with Crippen LogP contribution < -0.4 is 0 Å². The van der Waals surface area contributed by atoms with Gasteiger partial charge in [-0.05, 0) is 50.0 Å². The average Bonchev–Trinajstić information content (AvgIpc) is 2.96. The molecule has 112 valence electrons. The Kier molecular flexibility index (Phi) is 3.93. The molecule has 0 fully saturated rings. The topological polar surface area (TPSA) is 48.3 Å². The summed E-state index contributed by atoms with van der Waals surface area (Å²) >= 11 is 1.55. The summed E-state index contributed by atoms with van der Waals surface area (Å²) in [7, 11) is 0. The van der Waals surface area contributed by atoms with Crippen LogP contribution in [0.2, 0.25) is 0 Å². The van der Waals surface area contributed by atoms with Crippen LogP contribution in [0.4, 0.5) is 0 Å². The highest BCUT2D eigenvalue weighted by atomic mass is 32.2. The molecular weight excluding hydrogens is 286 g/mol. The van der Waals surface area contributed by atoms with E-state index in [1.54, 1.807) is 23.3 Å². The van der Waals surface area contributed by atoms with Gasteiger partial charge in [-0.15, -0.1) is 11.8 Å². The van der Waals surface area contributed by atoms with E-state index in [1.165, 1.54) is 12.0 Å². The van der Waals surface area contributed by atoms with Crippen LogP contribution in [0, 0.1) is 0 Å². The third kappa shape index (κ3) is 2.24. The molecule has 21 heavy (non-hydrogen) atoms. The van der Waals surface area contributed by atoms with Crippen LogP contribution in [0.15, 0.2) is 11.6 Å². The number of aromatic nitrogens is 1. The lowest BCUT2D eigenvalue weighted by Crippen LogP contribution is -2.20. The molecule has 1 aromatic rings. The van der Waals surface area contributed by atoms with Gasteiger partial charge in [0.1, 0.15) is 5.57 Å². The van der Waals surface area contributed by atoms with Crippen LogP contribution in [0.3, 0.4) is 0 Å². The first-order valence-electron chi connectivity index (χ1n) is 7.51. The summed E-state index contributed by atoms with van der Waals surface area (Å²) in [5.74, 6) is 0.121. The minimum atomic E-state index is -0.494. The lowest BCUT2D eigenvalue weighted by atomic mass is 9.97. The SMILES string of the molecule is CCOC(=O)C1=C(SCC)c2cc3c(n2C1=O)CCCC3. The van der Waals surface area contributed by atoms with Gasteiger partial charge in [-0.3, -0.25) is 9.36 Å². The number of fused-ring (bicyclic) bond motifs is 3. The Labute approximate surface area is 128 Å². The molecule has 4 nitrogen and oxygen atoms in total. The second-order valence-corrected chi connectivity index (χ2v) is 6.48. The quantitative estimate of drug-likeness (QED) is 0.633. The van der Waals surface area contributed by atoms with Crippen molar-refractivity contribution in [3.63, 3.8) is 0 Å². The molecule has 3 rings (SSSR count). The van der Waals surface area contributed by atoms with E-state index in [0.29, 0.717) is 0 Å². The van der Waals surface area contributed by atoms with Gasteiger partial charge in [0.25, 0.3) is 5.91 Å². The van der Waals surface area contributed by atoms with E-state index in [0.717, 1.165) is 41.3 Å². The number of aryl methyl sites for hydroxylation is 1. The smallest absolute Gasteiger partial charge is 0.345 e. The third-order valence-electron chi connectivity index (χ3n) is 3.95. The van der Waals surface area contributed by atoms with Crippen LogP contribution in [-0.4, -0.2) is 28.8 Å². The van der Waals surface area contributed by atoms with E-state index in [-0.39, 0.29) is 18.1 Å². The van der Waals surface area contributed by atoms with E-state index in [4.69, 9.17) is 4.74 Å². The molecule has 0 bridgehead atoms. The maximum atomic E-state index is 12.7. The van der Waals surface area contributed by atoms with Crippen LogP contribution >= 0.6 is 11.8 Å². The van der Waals surface area contributed by atoms with Crippen molar-refractivity contribution >= 4 is 28.5 Å². The van der Waals surface area contributed by atoms with Crippen LogP contribution in [0.5, 0.6) is 0 Å². The fourth-order valence-corrected chi connectivity index (χ4v) is 4.01. The Bertz CT molecular complexity index is 642. The summed E-state index contributed by atoms with van der Waals surface area (Å²) in [5.41, 5.74) is 3.46. The molecule has 5 heteroatoms. The fraction of sp³-hybridized carbons (Fsp3) is 0.500. The van der Waals surface area contributed by atoms with Gasteiger partial charge in [-0.2, -0.15) is 0 Å².